The number of ether oxygens (including phenoxy) is 1. The monoisotopic (exact) mass is 529 g/mol. The molecular weight excluding hydrogens is 498 g/mol. The van der Waals surface area contributed by atoms with E-state index < -0.39 is 6.04 Å². The number of carbonyl (C=O) groups is 3. The van der Waals surface area contributed by atoms with Crippen LogP contribution in [0.3, 0.4) is 0 Å². The molecule has 2 aromatic rings. The van der Waals surface area contributed by atoms with Crippen LogP contribution in [0.2, 0.25) is 0 Å². The van der Waals surface area contributed by atoms with Crippen molar-refractivity contribution in [2.75, 3.05) is 20.2 Å². The summed E-state index contributed by atoms with van der Waals surface area (Å²) in [6.45, 7) is 5.00. The summed E-state index contributed by atoms with van der Waals surface area (Å²) in [5.74, 6) is 0.0677. The molecule has 34 heavy (non-hydrogen) atoms. The number of methoxy groups -OCH3 is 1. The van der Waals surface area contributed by atoms with Gasteiger partial charge in [0.2, 0.25) is 5.91 Å². The summed E-state index contributed by atoms with van der Waals surface area (Å²) in [6.07, 6.45) is 2.05. The van der Waals surface area contributed by atoms with Crippen molar-refractivity contribution in [3.63, 3.8) is 0 Å². The number of hydrogen-bond donors (Lipinski definition) is 2. The third-order valence-corrected chi connectivity index (χ3v) is 6.79. The molecule has 0 saturated carbocycles. The lowest BCUT2D eigenvalue weighted by molar-refractivity contribution is -0.125. The lowest BCUT2D eigenvalue weighted by atomic mass is 9.88. The molecular formula is C26H32BrN3O4. The van der Waals surface area contributed by atoms with Crippen molar-refractivity contribution in [3.05, 3.63) is 64.1 Å². The summed E-state index contributed by atoms with van der Waals surface area (Å²) in [5, 5.41) is 5.96. The fraction of sp³-hybridized carbons (Fsp3) is 0.423. The summed E-state index contributed by atoms with van der Waals surface area (Å²) < 4.78 is 6.01. The van der Waals surface area contributed by atoms with Gasteiger partial charge in [0.15, 0.2) is 0 Å². The van der Waals surface area contributed by atoms with E-state index >= 15 is 0 Å². The molecule has 1 aliphatic heterocycles. The van der Waals surface area contributed by atoms with E-state index in [4.69, 9.17) is 4.74 Å². The molecule has 2 N–H and O–H groups in total. The molecule has 0 bridgehead atoms. The normalized spacial score (nSPS) is 15.8. The average molecular weight is 530 g/mol. The molecule has 1 saturated heterocycles. The van der Waals surface area contributed by atoms with Gasteiger partial charge in [0.05, 0.1) is 7.11 Å². The Bertz CT molecular complexity index is 1000. The first-order chi connectivity index (χ1) is 16.3. The van der Waals surface area contributed by atoms with Crippen molar-refractivity contribution in [3.8, 4) is 5.75 Å². The highest BCUT2D eigenvalue weighted by Gasteiger charge is 2.34. The van der Waals surface area contributed by atoms with Crippen LogP contribution in [0.15, 0.2) is 53.0 Å². The van der Waals surface area contributed by atoms with Gasteiger partial charge in [0.1, 0.15) is 11.8 Å². The quantitative estimate of drug-likeness (QED) is 0.540. The number of likely N-dealkylation sites (tertiary alicyclic amines) is 1. The van der Waals surface area contributed by atoms with E-state index in [9.17, 15) is 14.4 Å². The van der Waals surface area contributed by atoms with E-state index in [-0.39, 0.29) is 29.7 Å². The largest absolute Gasteiger partial charge is 0.497 e. The van der Waals surface area contributed by atoms with Gasteiger partial charge in [0.25, 0.3) is 11.8 Å². The molecule has 0 aromatic heterocycles. The number of piperidine rings is 1. The molecule has 8 heteroatoms. The van der Waals surface area contributed by atoms with Crippen molar-refractivity contribution in [2.45, 2.75) is 45.2 Å². The van der Waals surface area contributed by atoms with Gasteiger partial charge in [-0.15, -0.1) is 0 Å². The Morgan fingerprint density at radius 2 is 1.74 bits per heavy atom. The van der Waals surface area contributed by atoms with E-state index in [0.717, 1.165) is 10.9 Å². The zero-order valence-corrected chi connectivity index (χ0v) is 21.4. The lowest BCUT2D eigenvalue weighted by Gasteiger charge is -2.36. The Morgan fingerprint density at radius 3 is 2.32 bits per heavy atom. The fourth-order valence-corrected chi connectivity index (χ4v) is 4.44. The number of rotatable bonds is 8. The standard InChI is InChI=1S/C26H32BrN3O4/c1-4-17(2)28-25(32)23(29-24(31)19-8-10-22(34-3)11-9-19)18-12-14-30(15-13-18)26(33)20-6-5-7-21(27)16-20/h5-11,16-18,23H,4,12-15H2,1-3H3,(H,28,32)(H,29,31)/t17-,23-/m0/s1. The van der Waals surface area contributed by atoms with E-state index in [1.807, 2.05) is 36.9 Å². The van der Waals surface area contributed by atoms with Gasteiger partial charge < -0.3 is 20.3 Å². The minimum Gasteiger partial charge on any atom is -0.497 e. The van der Waals surface area contributed by atoms with Crippen LogP contribution >= 0.6 is 15.9 Å². The van der Waals surface area contributed by atoms with Crippen LogP contribution in [-0.4, -0.2) is 54.9 Å². The smallest absolute Gasteiger partial charge is 0.253 e. The predicted molar refractivity (Wildman–Crippen MR) is 135 cm³/mol. The van der Waals surface area contributed by atoms with Crippen molar-refractivity contribution in [1.82, 2.24) is 15.5 Å². The first-order valence-electron chi connectivity index (χ1n) is 11.6. The van der Waals surface area contributed by atoms with E-state index in [0.29, 0.717) is 42.8 Å². The van der Waals surface area contributed by atoms with Crippen LogP contribution in [0.1, 0.15) is 53.8 Å². The highest BCUT2D eigenvalue weighted by Crippen LogP contribution is 2.24. The Kier molecular flexibility index (Phi) is 9.10. The topological polar surface area (TPSA) is 87.7 Å². The van der Waals surface area contributed by atoms with Crippen LogP contribution < -0.4 is 15.4 Å². The zero-order valence-electron chi connectivity index (χ0n) is 19.8. The Morgan fingerprint density at radius 1 is 1.06 bits per heavy atom. The number of amides is 3. The lowest BCUT2D eigenvalue weighted by Crippen LogP contribution is -2.55. The zero-order chi connectivity index (χ0) is 24.7. The van der Waals surface area contributed by atoms with Crippen molar-refractivity contribution >= 4 is 33.7 Å². The summed E-state index contributed by atoms with van der Waals surface area (Å²) in [6, 6.07) is 13.5. The molecule has 1 aliphatic rings. The Balaban J connectivity index is 1.70. The van der Waals surface area contributed by atoms with Crippen molar-refractivity contribution in [1.29, 1.82) is 0 Å². The number of carbonyl (C=O) groups excluding carboxylic acids is 3. The third kappa shape index (κ3) is 6.59. The number of nitrogens with zero attached hydrogens (tertiary/aromatic N) is 1. The van der Waals surface area contributed by atoms with Gasteiger partial charge >= 0.3 is 0 Å². The Labute approximate surface area is 209 Å². The Hall–Kier alpha value is -2.87. The van der Waals surface area contributed by atoms with Crippen molar-refractivity contribution < 1.29 is 19.1 Å². The van der Waals surface area contributed by atoms with Crippen LogP contribution in [0, 0.1) is 5.92 Å². The molecule has 3 rings (SSSR count). The molecule has 2 atom stereocenters. The van der Waals surface area contributed by atoms with Crippen molar-refractivity contribution in [2.24, 2.45) is 5.92 Å². The van der Waals surface area contributed by atoms with Crippen LogP contribution in [0.25, 0.3) is 0 Å². The molecule has 0 radical (unpaired) electrons. The second kappa shape index (κ2) is 12.0. The maximum atomic E-state index is 13.1. The highest BCUT2D eigenvalue weighted by molar-refractivity contribution is 9.10. The number of nitrogens with one attached hydrogen (secondary N) is 2. The molecule has 0 aliphatic carbocycles. The predicted octanol–water partition coefficient (Wildman–Crippen LogP) is 4.02. The van der Waals surface area contributed by atoms with Crippen LogP contribution in [0.5, 0.6) is 5.75 Å². The summed E-state index contributed by atoms with van der Waals surface area (Å²) >= 11 is 3.41. The summed E-state index contributed by atoms with van der Waals surface area (Å²) in [7, 11) is 1.57. The van der Waals surface area contributed by atoms with Gasteiger partial charge in [0, 0.05) is 34.7 Å². The summed E-state index contributed by atoms with van der Waals surface area (Å²) in [4.78, 5) is 40.8. The second-order valence-corrected chi connectivity index (χ2v) is 9.55. The number of halogens is 1. The van der Waals surface area contributed by atoms with Gasteiger partial charge in [-0.05, 0) is 74.6 Å². The van der Waals surface area contributed by atoms with Gasteiger partial charge in [-0.2, -0.15) is 0 Å². The molecule has 0 unspecified atom stereocenters. The SMILES string of the molecule is CC[C@H](C)NC(=O)[C@@H](NC(=O)c1ccc(OC)cc1)C1CCN(C(=O)c2cccc(Br)c2)CC1. The van der Waals surface area contributed by atoms with Gasteiger partial charge in [-0.1, -0.05) is 28.9 Å². The second-order valence-electron chi connectivity index (χ2n) is 8.64. The first-order valence-corrected chi connectivity index (χ1v) is 12.4. The maximum absolute atomic E-state index is 13.1. The van der Waals surface area contributed by atoms with Crippen LogP contribution in [-0.2, 0) is 4.79 Å². The van der Waals surface area contributed by atoms with Gasteiger partial charge in [-0.3, -0.25) is 14.4 Å². The number of benzene rings is 2. The van der Waals surface area contributed by atoms with E-state index in [1.54, 1.807) is 37.4 Å². The minimum atomic E-state index is -0.674. The molecule has 7 nitrogen and oxygen atoms in total. The minimum absolute atomic E-state index is 0.00563. The summed E-state index contributed by atoms with van der Waals surface area (Å²) in [5.41, 5.74) is 1.09. The van der Waals surface area contributed by atoms with E-state index in [1.165, 1.54) is 0 Å². The van der Waals surface area contributed by atoms with Gasteiger partial charge in [-0.25, -0.2) is 0 Å². The molecule has 182 valence electrons. The fourth-order valence-electron chi connectivity index (χ4n) is 4.04. The molecule has 1 heterocycles. The molecule has 3 amide bonds. The molecule has 2 aromatic carbocycles. The average Bonchev–Trinajstić information content (AvgIpc) is 2.86. The van der Waals surface area contributed by atoms with Crippen LogP contribution in [0.4, 0.5) is 0 Å². The third-order valence-electron chi connectivity index (χ3n) is 6.29. The number of hydrogen-bond acceptors (Lipinski definition) is 4. The highest BCUT2D eigenvalue weighted by atomic mass is 79.9. The molecule has 1 fully saturated rings. The maximum Gasteiger partial charge on any atom is 0.253 e. The molecule has 0 spiro atoms. The first kappa shape index (κ1) is 25.7. The van der Waals surface area contributed by atoms with E-state index in [2.05, 4.69) is 26.6 Å².